The second-order valence-corrected chi connectivity index (χ2v) is 10.7. The van der Waals surface area contributed by atoms with Crippen LogP contribution in [0.1, 0.15) is 23.1 Å². The molecule has 3 aromatic heterocycles. The first-order chi connectivity index (χ1) is 21.2. The van der Waals surface area contributed by atoms with Crippen molar-refractivity contribution in [1.82, 2.24) is 25.4 Å². The highest BCUT2D eigenvalue weighted by atomic mass is 19.4. The number of aryl methyl sites for hydroxylation is 1. The molecule has 0 bridgehead atoms. The highest BCUT2D eigenvalue weighted by Crippen LogP contribution is 2.41. The molecule has 0 aliphatic heterocycles. The SMILES string of the molecule is N=CN(C=N)c1ccc(NC(=O)C2CCc3c(c(-c4ccc5[nH]ncc5c4)nc4ccc5[nH]ncc5c34)C2)cc1C(F)(F)F. The van der Waals surface area contributed by atoms with E-state index in [9.17, 15) is 18.0 Å². The van der Waals surface area contributed by atoms with Crippen molar-refractivity contribution in [3.05, 3.63) is 77.6 Å². The topological polar surface area (TPSA) is 150 Å². The van der Waals surface area contributed by atoms with Gasteiger partial charge in [-0.25, -0.2) is 4.98 Å². The summed E-state index contributed by atoms with van der Waals surface area (Å²) in [6.45, 7) is 0. The first-order valence-corrected chi connectivity index (χ1v) is 13.8. The lowest BCUT2D eigenvalue weighted by Crippen LogP contribution is -2.29. The van der Waals surface area contributed by atoms with Gasteiger partial charge in [0, 0.05) is 33.3 Å². The number of halogens is 3. The molecule has 44 heavy (non-hydrogen) atoms. The Morgan fingerprint density at radius 3 is 2.55 bits per heavy atom. The van der Waals surface area contributed by atoms with Gasteiger partial charge in [-0.05, 0) is 72.9 Å². The van der Waals surface area contributed by atoms with Crippen LogP contribution in [0.15, 0.2) is 60.9 Å². The van der Waals surface area contributed by atoms with Crippen LogP contribution in [-0.2, 0) is 23.8 Å². The zero-order valence-corrected chi connectivity index (χ0v) is 23.0. The maximum absolute atomic E-state index is 13.9. The van der Waals surface area contributed by atoms with Crippen LogP contribution in [0.2, 0.25) is 0 Å². The molecule has 0 radical (unpaired) electrons. The average Bonchev–Trinajstić information content (AvgIpc) is 3.70. The Hall–Kier alpha value is -5.59. The van der Waals surface area contributed by atoms with E-state index in [0.29, 0.717) is 31.9 Å². The molecule has 6 aromatic rings. The predicted octanol–water partition coefficient (Wildman–Crippen LogP) is 6.44. The number of carbonyl (C=O) groups excluding carboxylic acids is 1. The Bertz CT molecular complexity index is 2110. The molecule has 1 unspecified atom stereocenters. The second kappa shape index (κ2) is 10.3. The fourth-order valence-corrected chi connectivity index (χ4v) is 6.10. The normalized spacial score (nSPS) is 14.9. The van der Waals surface area contributed by atoms with E-state index in [1.165, 1.54) is 6.07 Å². The number of rotatable bonds is 6. The Morgan fingerprint density at radius 2 is 1.75 bits per heavy atom. The third kappa shape index (κ3) is 4.53. The number of pyridine rings is 1. The number of anilines is 2. The molecule has 0 spiro atoms. The molecule has 1 aliphatic carbocycles. The first kappa shape index (κ1) is 27.3. The van der Waals surface area contributed by atoms with E-state index in [2.05, 4.69) is 25.7 Å². The van der Waals surface area contributed by atoms with E-state index in [4.69, 9.17) is 15.8 Å². The number of nitrogens with zero attached hydrogens (tertiary/aromatic N) is 4. The number of aromatic amines is 2. The summed E-state index contributed by atoms with van der Waals surface area (Å²) in [6, 6.07) is 13.1. The van der Waals surface area contributed by atoms with Crippen molar-refractivity contribution in [2.75, 3.05) is 10.2 Å². The smallest absolute Gasteiger partial charge is 0.326 e. The molecule has 3 heterocycles. The molecule has 0 fully saturated rings. The Morgan fingerprint density at radius 1 is 0.977 bits per heavy atom. The van der Waals surface area contributed by atoms with E-state index >= 15 is 0 Å². The predicted molar refractivity (Wildman–Crippen MR) is 162 cm³/mol. The van der Waals surface area contributed by atoms with Gasteiger partial charge in [0.05, 0.1) is 58.6 Å². The number of H-pyrrole nitrogens is 2. The zero-order valence-electron chi connectivity index (χ0n) is 23.0. The van der Waals surface area contributed by atoms with Gasteiger partial charge in [0.15, 0.2) is 0 Å². The van der Waals surface area contributed by atoms with Crippen LogP contribution >= 0.6 is 0 Å². The molecular weight excluding hydrogens is 571 g/mol. The summed E-state index contributed by atoms with van der Waals surface area (Å²) in [5.74, 6) is -0.916. The number of hydrogen-bond donors (Lipinski definition) is 5. The van der Waals surface area contributed by atoms with Gasteiger partial charge in [0.25, 0.3) is 0 Å². The maximum Gasteiger partial charge on any atom is 0.418 e. The molecule has 0 saturated carbocycles. The van der Waals surface area contributed by atoms with Crippen LogP contribution in [0.5, 0.6) is 0 Å². The lowest BCUT2D eigenvalue weighted by atomic mass is 9.79. The van der Waals surface area contributed by atoms with Gasteiger partial charge in [0.2, 0.25) is 5.91 Å². The average molecular weight is 596 g/mol. The molecule has 3 aromatic carbocycles. The van der Waals surface area contributed by atoms with Crippen molar-refractivity contribution >= 4 is 62.7 Å². The molecule has 10 nitrogen and oxygen atoms in total. The van der Waals surface area contributed by atoms with Crippen LogP contribution in [0.3, 0.4) is 0 Å². The molecule has 13 heteroatoms. The highest BCUT2D eigenvalue weighted by Gasteiger charge is 2.36. The molecule has 0 saturated heterocycles. The summed E-state index contributed by atoms with van der Waals surface area (Å²) in [5, 5.41) is 34.5. The molecular formula is C31H24F3N9O. The molecule has 7 rings (SSSR count). The van der Waals surface area contributed by atoms with Gasteiger partial charge >= 0.3 is 6.18 Å². The highest BCUT2D eigenvalue weighted by molar-refractivity contribution is 6.08. The van der Waals surface area contributed by atoms with Crippen molar-refractivity contribution < 1.29 is 18.0 Å². The van der Waals surface area contributed by atoms with Crippen LogP contribution < -0.4 is 10.2 Å². The fraction of sp³-hybridized carbons (Fsp3) is 0.161. The first-order valence-electron chi connectivity index (χ1n) is 13.8. The second-order valence-electron chi connectivity index (χ2n) is 10.7. The van der Waals surface area contributed by atoms with Crippen molar-refractivity contribution in [2.24, 2.45) is 5.92 Å². The third-order valence-electron chi connectivity index (χ3n) is 8.19. The fourth-order valence-electron chi connectivity index (χ4n) is 6.10. The zero-order chi connectivity index (χ0) is 30.6. The molecule has 220 valence electrons. The van der Waals surface area contributed by atoms with E-state index in [1.54, 1.807) is 12.4 Å². The number of carbonyl (C=O) groups is 1. The van der Waals surface area contributed by atoms with Crippen LogP contribution in [0, 0.1) is 16.7 Å². The Kier molecular flexibility index (Phi) is 6.38. The van der Waals surface area contributed by atoms with Gasteiger partial charge in [0.1, 0.15) is 0 Å². The van der Waals surface area contributed by atoms with Gasteiger partial charge in [-0.2, -0.15) is 23.4 Å². The maximum atomic E-state index is 13.9. The number of nitrogens with one attached hydrogen (secondary N) is 5. The van der Waals surface area contributed by atoms with Gasteiger partial charge < -0.3 is 5.32 Å². The summed E-state index contributed by atoms with van der Waals surface area (Å²) < 4.78 is 41.7. The summed E-state index contributed by atoms with van der Waals surface area (Å²) in [7, 11) is 0. The minimum absolute atomic E-state index is 0.0193. The lowest BCUT2D eigenvalue weighted by Gasteiger charge is -2.27. The number of hydrogen-bond acceptors (Lipinski definition) is 6. The largest absolute Gasteiger partial charge is 0.418 e. The van der Waals surface area contributed by atoms with Crippen LogP contribution in [0.25, 0.3) is 44.0 Å². The van der Waals surface area contributed by atoms with E-state index in [-0.39, 0.29) is 11.4 Å². The van der Waals surface area contributed by atoms with Crippen LogP contribution in [-0.4, -0.2) is 44.0 Å². The minimum atomic E-state index is -4.76. The third-order valence-corrected chi connectivity index (χ3v) is 8.19. The number of amides is 1. The van der Waals surface area contributed by atoms with Crippen molar-refractivity contribution in [3.63, 3.8) is 0 Å². The number of benzene rings is 3. The number of aromatic nitrogens is 5. The standard InChI is InChI=1S/C31H24F3N9O/c32-31(33,34)23-11-19(3-8-27(23)43(14-35)15-36)39-30(44)17-1-4-20-21(10-17)29(16-2-5-24-18(9-16)12-37-41-24)40-26-7-6-25-22(28(20)26)13-38-42-25/h2-3,5-9,11-15,17,35-36H,1,4,10H2,(H,37,41)(H,38,42)(H,39,44). The quantitative estimate of drug-likeness (QED) is 0.111. The van der Waals surface area contributed by atoms with Gasteiger partial charge in [-0.3, -0.25) is 30.7 Å². The van der Waals surface area contributed by atoms with Crippen molar-refractivity contribution in [3.8, 4) is 11.3 Å². The summed E-state index contributed by atoms with van der Waals surface area (Å²) in [5.41, 5.74) is 4.73. The number of alkyl halides is 3. The monoisotopic (exact) mass is 595 g/mol. The summed E-state index contributed by atoms with van der Waals surface area (Å²) in [4.78, 5) is 19.4. The van der Waals surface area contributed by atoms with E-state index in [0.717, 1.165) is 72.1 Å². The Balaban J connectivity index is 1.28. The minimum Gasteiger partial charge on any atom is -0.326 e. The van der Waals surface area contributed by atoms with Crippen LogP contribution in [0.4, 0.5) is 24.5 Å². The Labute approximate surface area is 247 Å². The van der Waals surface area contributed by atoms with Crippen molar-refractivity contribution in [1.29, 1.82) is 10.8 Å². The molecule has 1 atom stereocenters. The molecule has 1 amide bonds. The lowest BCUT2D eigenvalue weighted by molar-refractivity contribution is -0.137. The number of fused-ring (bicyclic) bond motifs is 6. The van der Waals surface area contributed by atoms with Gasteiger partial charge in [-0.1, -0.05) is 6.07 Å². The van der Waals surface area contributed by atoms with Gasteiger partial charge in [-0.15, -0.1) is 0 Å². The van der Waals surface area contributed by atoms with E-state index in [1.807, 2.05) is 30.3 Å². The molecule has 5 N–H and O–H groups in total. The summed E-state index contributed by atoms with van der Waals surface area (Å²) >= 11 is 0. The summed E-state index contributed by atoms with van der Waals surface area (Å²) in [6.07, 6.45) is 1.39. The van der Waals surface area contributed by atoms with Crippen molar-refractivity contribution in [2.45, 2.75) is 25.4 Å². The molecule has 1 aliphatic rings. The van der Waals surface area contributed by atoms with E-state index < -0.39 is 23.6 Å².